The fraction of sp³-hybridized carbons (Fsp3) is 0.500. The lowest BCUT2D eigenvalue weighted by Crippen LogP contribution is -2.32. The highest BCUT2D eigenvalue weighted by Crippen LogP contribution is 2.17. The van der Waals surface area contributed by atoms with Crippen molar-refractivity contribution in [3.8, 4) is 0 Å². The molecule has 0 aromatic carbocycles. The molecule has 2 N–H and O–H groups in total. The number of hydrogen-bond acceptors (Lipinski definition) is 2. The number of halogens is 2. The molecule has 0 bridgehead atoms. The molecule has 2 heterocycles. The summed E-state index contributed by atoms with van der Waals surface area (Å²) in [6.45, 7) is 1.38. The van der Waals surface area contributed by atoms with Gasteiger partial charge >= 0.3 is 0 Å². The lowest BCUT2D eigenvalue weighted by molar-refractivity contribution is 0.0781. The van der Waals surface area contributed by atoms with Crippen LogP contribution in [0.3, 0.4) is 0 Å². The minimum absolute atomic E-state index is 0. The van der Waals surface area contributed by atoms with Gasteiger partial charge in [0.15, 0.2) is 0 Å². The van der Waals surface area contributed by atoms with Gasteiger partial charge in [-0.15, -0.1) is 12.4 Å². The molecular weight excluding hydrogens is 249 g/mol. The monoisotopic (exact) mass is 263 g/mol. The number of amides is 1. The van der Waals surface area contributed by atoms with E-state index >= 15 is 0 Å². The van der Waals surface area contributed by atoms with Crippen LogP contribution in [0.4, 0.5) is 0 Å². The van der Waals surface area contributed by atoms with E-state index in [2.05, 4.69) is 0 Å². The van der Waals surface area contributed by atoms with Crippen molar-refractivity contribution in [2.75, 3.05) is 13.1 Å². The minimum Gasteiger partial charge on any atom is -0.345 e. The molecule has 4 nitrogen and oxygen atoms in total. The number of likely N-dealkylation sites (tertiary alicyclic amines) is 1. The summed E-state index contributed by atoms with van der Waals surface area (Å²) in [4.78, 5) is 13.8. The molecule has 1 amide bonds. The maximum absolute atomic E-state index is 12.0. The molecular formula is C10H15Cl2N3O. The first-order valence-electron chi connectivity index (χ1n) is 4.94. The zero-order valence-corrected chi connectivity index (χ0v) is 10.6. The maximum atomic E-state index is 12.0. The number of hydrogen-bond donors (Lipinski definition) is 1. The lowest BCUT2D eigenvalue weighted by Gasteiger charge is -2.15. The molecule has 1 aromatic heterocycles. The van der Waals surface area contributed by atoms with E-state index in [-0.39, 0.29) is 24.4 Å². The second-order valence-corrected chi connectivity index (χ2v) is 4.39. The van der Waals surface area contributed by atoms with Crippen molar-refractivity contribution in [2.24, 2.45) is 12.8 Å². The molecule has 90 valence electrons. The van der Waals surface area contributed by atoms with Crippen molar-refractivity contribution in [3.63, 3.8) is 0 Å². The Morgan fingerprint density at radius 3 is 2.75 bits per heavy atom. The summed E-state index contributed by atoms with van der Waals surface area (Å²) in [7, 11) is 1.81. The fourth-order valence-electron chi connectivity index (χ4n) is 1.87. The van der Waals surface area contributed by atoms with Crippen LogP contribution in [0.25, 0.3) is 0 Å². The van der Waals surface area contributed by atoms with Crippen LogP contribution in [0.5, 0.6) is 0 Å². The van der Waals surface area contributed by atoms with E-state index in [0.29, 0.717) is 17.3 Å². The molecule has 0 spiro atoms. The average Bonchev–Trinajstić information content (AvgIpc) is 2.71. The Kier molecular flexibility index (Phi) is 4.24. The highest BCUT2D eigenvalue weighted by atomic mass is 35.5. The molecule has 0 unspecified atom stereocenters. The highest BCUT2D eigenvalue weighted by molar-refractivity contribution is 6.31. The molecule has 1 saturated heterocycles. The number of nitrogens with two attached hydrogens (primary N) is 1. The first-order chi connectivity index (χ1) is 7.08. The van der Waals surface area contributed by atoms with Gasteiger partial charge in [-0.05, 0) is 12.5 Å². The van der Waals surface area contributed by atoms with Crippen LogP contribution >= 0.6 is 24.0 Å². The zero-order valence-electron chi connectivity index (χ0n) is 9.02. The smallest absolute Gasteiger partial charge is 0.270 e. The van der Waals surface area contributed by atoms with Crippen molar-refractivity contribution < 1.29 is 4.79 Å². The number of nitrogens with zero attached hydrogens (tertiary/aromatic N) is 2. The molecule has 0 radical (unpaired) electrons. The Morgan fingerprint density at radius 2 is 2.31 bits per heavy atom. The van der Waals surface area contributed by atoms with E-state index in [1.807, 2.05) is 7.05 Å². The average molecular weight is 264 g/mol. The van der Waals surface area contributed by atoms with Gasteiger partial charge in [0.25, 0.3) is 5.91 Å². The molecule has 1 fully saturated rings. The van der Waals surface area contributed by atoms with Gasteiger partial charge in [-0.1, -0.05) is 11.6 Å². The molecule has 1 aliphatic heterocycles. The molecule has 6 heteroatoms. The standard InChI is InChI=1S/C10H14ClN3O.ClH/c1-13-5-7(11)4-9(13)10(15)14-3-2-8(12)6-14;/h4-5,8H,2-3,6,12H2,1H3;1H/t8-;/m0./s1. The number of rotatable bonds is 1. The molecule has 0 aliphatic carbocycles. The Balaban J connectivity index is 0.00000128. The molecule has 16 heavy (non-hydrogen) atoms. The van der Waals surface area contributed by atoms with E-state index < -0.39 is 0 Å². The van der Waals surface area contributed by atoms with Gasteiger partial charge in [-0.25, -0.2) is 0 Å². The van der Waals surface area contributed by atoms with Crippen LogP contribution < -0.4 is 5.73 Å². The van der Waals surface area contributed by atoms with Gasteiger partial charge < -0.3 is 15.2 Å². The third-order valence-electron chi connectivity index (χ3n) is 2.70. The van der Waals surface area contributed by atoms with E-state index in [1.54, 1.807) is 21.7 Å². The zero-order chi connectivity index (χ0) is 11.0. The van der Waals surface area contributed by atoms with Crippen LogP contribution in [-0.2, 0) is 7.05 Å². The second-order valence-electron chi connectivity index (χ2n) is 3.95. The molecule has 1 atom stereocenters. The van der Waals surface area contributed by atoms with Crippen LogP contribution in [0.1, 0.15) is 16.9 Å². The van der Waals surface area contributed by atoms with Gasteiger partial charge in [-0.3, -0.25) is 4.79 Å². The number of aromatic nitrogens is 1. The SMILES string of the molecule is Cl.Cn1cc(Cl)cc1C(=O)N1CC[C@H](N)C1. The van der Waals surface area contributed by atoms with Gasteiger partial charge in [0, 0.05) is 32.4 Å². The quantitative estimate of drug-likeness (QED) is 0.830. The third kappa shape index (κ3) is 2.51. The summed E-state index contributed by atoms with van der Waals surface area (Å²) in [5.41, 5.74) is 6.38. The second kappa shape index (κ2) is 5.08. The molecule has 1 aromatic rings. The summed E-state index contributed by atoms with van der Waals surface area (Å²) in [6, 6.07) is 1.80. The molecule has 0 saturated carbocycles. The molecule has 1 aliphatic rings. The minimum atomic E-state index is 0. The van der Waals surface area contributed by atoms with Crippen molar-refractivity contribution in [3.05, 3.63) is 23.0 Å². The third-order valence-corrected chi connectivity index (χ3v) is 2.91. The van der Waals surface area contributed by atoms with Crippen LogP contribution in [-0.4, -0.2) is 34.5 Å². The Morgan fingerprint density at radius 1 is 1.62 bits per heavy atom. The summed E-state index contributed by atoms with van der Waals surface area (Å²) in [5, 5.41) is 0.587. The first-order valence-corrected chi connectivity index (χ1v) is 5.32. The Hall–Kier alpha value is -0.710. The summed E-state index contributed by atoms with van der Waals surface area (Å²) >= 11 is 5.83. The lowest BCUT2D eigenvalue weighted by atomic mass is 10.3. The molecule has 2 rings (SSSR count). The summed E-state index contributed by atoms with van der Waals surface area (Å²) in [5.74, 6) is 0.0114. The van der Waals surface area contributed by atoms with E-state index in [0.717, 1.165) is 13.0 Å². The predicted molar refractivity (Wildman–Crippen MR) is 66.2 cm³/mol. The van der Waals surface area contributed by atoms with Crippen molar-refractivity contribution in [1.82, 2.24) is 9.47 Å². The number of carbonyl (C=O) groups excluding carboxylic acids is 1. The number of carbonyl (C=O) groups is 1. The largest absolute Gasteiger partial charge is 0.345 e. The first kappa shape index (κ1) is 13.4. The summed E-state index contributed by atoms with van der Waals surface area (Å²) in [6.07, 6.45) is 2.61. The fourth-order valence-corrected chi connectivity index (χ4v) is 2.12. The predicted octanol–water partition coefficient (Wildman–Crippen LogP) is 1.27. The van der Waals surface area contributed by atoms with E-state index in [1.165, 1.54) is 0 Å². The van der Waals surface area contributed by atoms with Gasteiger partial charge in [0.05, 0.1) is 5.02 Å². The van der Waals surface area contributed by atoms with Crippen molar-refractivity contribution >= 4 is 29.9 Å². The normalized spacial score (nSPS) is 19.7. The van der Waals surface area contributed by atoms with Crippen LogP contribution in [0.2, 0.25) is 5.02 Å². The van der Waals surface area contributed by atoms with Gasteiger partial charge in [0.2, 0.25) is 0 Å². The maximum Gasteiger partial charge on any atom is 0.270 e. The van der Waals surface area contributed by atoms with Crippen molar-refractivity contribution in [1.29, 1.82) is 0 Å². The Bertz CT molecular complexity index is 391. The van der Waals surface area contributed by atoms with Crippen LogP contribution in [0.15, 0.2) is 12.3 Å². The summed E-state index contributed by atoms with van der Waals surface area (Å²) < 4.78 is 1.74. The highest BCUT2D eigenvalue weighted by Gasteiger charge is 2.26. The van der Waals surface area contributed by atoms with Gasteiger partial charge in [-0.2, -0.15) is 0 Å². The number of aryl methyl sites for hydroxylation is 1. The van der Waals surface area contributed by atoms with E-state index in [4.69, 9.17) is 17.3 Å². The Labute approximate surface area is 106 Å². The van der Waals surface area contributed by atoms with Crippen LogP contribution in [0, 0.1) is 0 Å². The topological polar surface area (TPSA) is 51.3 Å². The van der Waals surface area contributed by atoms with Crippen molar-refractivity contribution in [2.45, 2.75) is 12.5 Å². The van der Waals surface area contributed by atoms with Gasteiger partial charge in [0.1, 0.15) is 5.69 Å². The van der Waals surface area contributed by atoms with E-state index in [9.17, 15) is 4.79 Å².